The van der Waals surface area contributed by atoms with Gasteiger partial charge in [-0.3, -0.25) is 4.98 Å². The molecule has 2 aromatic rings. The van der Waals surface area contributed by atoms with Crippen LogP contribution >= 0.6 is 0 Å². The number of hydrogen-bond acceptors (Lipinski definition) is 3. The van der Waals surface area contributed by atoms with Gasteiger partial charge in [-0.15, -0.1) is 0 Å². The van der Waals surface area contributed by atoms with Crippen LogP contribution in [0.5, 0.6) is 0 Å². The number of ether oxygens (including phenoxy) is 1. The Morgan fingerprint density at radius 1 is 1.14 bits per heavy atom. The van der Waals surface area contributed by atoms with Gasteiger partial charge in [0, 0.05) is 36.7 Å². The summed E-state index contributed by atoms with van der Waals surface area (Å²) in [6, 6.07) is 7.14. The molecule has 1 amide bonds. The summed E-state index contributed by atoms with van der Waals surface area (Å²) in [5.41, 5.74) is 1.83. The zero-order chi connectivity index (χ0) is 20.4. The number of aromatic nitrogens is 1. The van der Waals surface area contributed by atoms with E-state index >= 15 is 0 Å². The predicted molar refractivity (Wildman–Crippen MR) is 99.5 cm³/mol. The normalized spacial score (nSPS) is 23.6. The SMILES string of the molecule is O=C1NC(c2cncc(C#CC3CCC(F)(F)CC3)c2)C(c2cccc(F)c2)O1. The van der Waals surface area contributed by atoms with Gasteiger partial charge < -0.3 is 10.1 Å². The summed E-state index contributed by atoms with van der Waals surface area (Å²) in [4.78, 5) is 16.0. The molecule has 1 aromatic heterocycles. The van der Waals surface area contributed by atoms with Crippen molar-refractivity contribution >= 4 is 6.09 Å². The summed E-state index contributed by atoms with van der Waals surface area (Å²) in [6.07, 6.45) is 2.38. The third kappa shape index (κ3) is 4.53. The number of benzene rings is 1. The van der Waals surface area contributed by atoms with Crippen LogP contribution in [-0.4, -0.2) is 17.0 Å². The molecule has 0 bridgehead atoms. The van der Waals surface area contributed by atoms with E-state index in [1.165, 1.54) is 12.1 Å². The molecule has 1 aliphatic carbocycles. The van der Waals surface area contributed by atoms with Gasteiger partial charge in [-0.25, -0.2) is 18.0 Å². The maximum Gasteiger partial charge on any atom is 0.408 e. The van der Waals surface area contributed by atoms with E-state index in [9.17, 15) is 18.0 Å². The Hall–Kier alpha value is -3.01. The zero-order valence-corrected chi connectivity index (χ0v) is 15.5. The number of hydrogen-bond donors (Lipinski definition) is 1. The molecule has 2 aliphatic rings. The standard InChI is InChI=1S/C22H19F3N2O2/c23-18-3-1-2-16(11-18)20-19(27-21(28)29-20)17-10-15(12-26-13-17)5-4-14-6-8-22(24,25)9-7-14/h1-3,10-14,19-20H,6-9H2,(H,27,28). The Morgan fingerprint density at radius 2 is 1.93 bits per heavy atom. The number of rotatable bonds is 2. The predicted octanol–water partition coefficient (Wildman–Crippen LogP) is 4.92. The van der Waals surface area contributed by atoms with Gasteiger partial charge in [0.1, 0.15) is 11.9 Å². The molecule has 29 heavy (non-hydrogen) atoms. The molecule has 4 rings (SSSR count). The molecule has 2 unspecified atom stereocenters. The Kier molecular flexibility index (Phi) is 5.18. The molecule has 1 N–H and O–H groups in total. The second-order valence-electron chi connectivity index (χ2n) is 7.41. The summed E-state index contributed by atoms with van der Waals surface area (Å²) >= 11 is 0. The van der Waals surface area contributed by atoms with Crippen LogP contribution < -0.4 is 5.32 Å². The minimum absolute atomic E-state index is 0.0622. The number of nitrogens with one attached hydrogen (secondary N) is 1. The van der Waals surface area contributed by atoms with Gasteiger partial charge in [0.25, 0.3) is 0 Å². The number of pyridine rings is 1. The molecule has 1 aliphatic heterocycles. The number of carbonyl (C=O) groups excluding carboxylic acids is 1. The number of alkyl carbamates (subject to hydrolysis) is 1. The molecule has 150 valence electrons. The van der Waals surface area contributed by atoms with Crippen molar-refractivity contribution in [3.05, 3.63) is 65.2 Å². The highest BCUT2D eigenvalue weighted by atomic mass is 19.3. The number of halogens is 3. The Balaban J connectivity index is 1.54. The van der Waals surface area contributed by atoms with Gasteiger partial charge in [-0.1, -0.05) is 24.0 Å². The van der Waals surface area contributed by atoms with Crippen molar-refractivity contribution in [3.8, 4) is 11.8 Å². The smallest absolute Gasteiger partial charge is 0.408 e. The van der Waals surface area contributed by atoms with Gasteiger partial charge in [-0.05, 0) is 42.2 Å². The van der Waals surface area contributed by atoms with E-state index in [1.807, 2.05) is 0 Å². The second-order valence-corrected chi connectivity index (χ2v) is 7.41. The fraction of sp³-hybridized carbons (Fsp3) is 0.364. The van der Waals surface area contributed by atoms with Gasteiger partial charge in [0.15, 0.2) is 6.10 Å². The first-order chi connectivity index (χ1) is 13.9. The van der Waals surface area contributed by atoms with E-state index in [0.717, 1.165) is 0 Å². The minimum atomic E-state index is -2.58. The number of alkyl halides is 2. The molecule has 0 radical (unpaired) electrons. The molecule has 4 nitrogen and oxygen atoms in total. The summed E-state index contributed by atoms with van der Waals surface area (Å²) in [6.45, 7) is 0. The van der Waals surface area contributed by atoms with Gasteiger partial charge in [-0.2, -0.15) is 0 Å². The topological polar surface area (TPSA) is 51.2 Å². The monoisotopic (exact) mass is 400 g/mol. The minimum Gasteiger partial charge on any atom is -0.439 e. The van der Waals surface area contributed by atoms with Crippen LogP contribution in [0.15, 0.2) is 42.7 Å². The highest BCUT2D eigenvalue weighted by Gasteiger charge is 2.37. The van der Waals surface area contributed by atoms with Crippen LogP contribution in [0, 0.1) is 23.6 Å². The molecule has 1 saturated carbocycles. The fourth-order valence-electron chi connectivity index (χ4n) is 3.69. The maximum absolute atomic E-state index is 13.6. The van der Waals surface area contributed by atoms with Crippen molar-refractivity contribution in [1.29, 1.82) is 0 Å². The lowest BCUT2D eigenvalue weighted by Crippen LogP contribution is -2.23. The molecule has 1 aromatic carbocycles. The van der Waals surface area contributed by atoms with Crippen LogP contribution in [0.1, 0.15) is 54.5 Å². The summed E-state index contributed by atoms with van der Waals surface area (Å²) in [7, 11) is 0. The van der Waals surface area contributed by atoms with Crippen LogP contribution in [0.2, 0.25) is 0 Å². The first kappa shape index (κ1) is 19.3. The second kappa shape index (κ2) is 7.78. The Labute approximate surface area is 166 Å². The quantitative estimate of drug-likeness (QED) is 0.728. The number of carbonyl (C=O) groups is 1. The van der Waals surface area contributed by atoms with Crippen LogP contribution in [-0.2, 0) is 4.74 Å². The molecule has 2 heterocycles. The van der Waals surface area contributed by atoms with Crippen molar-refractivity contribution in [3.63, 3.8) is 0 Å². The van der Waals surface area contributed by atoms with Gasteiger partial charge in [0.2, 0.25) is 5.92 Å². The van der Waals surface area contributed by atoms with E-state index in [-0.39, 0.29) is 18.8 Å². The lowest BCUT2D eigenvalue weighted by molar-refractivity contribution is -0.0402. The highest BCUT2D eigenvalue weighted by Crippen LogP contribution is 2.37. The van der Waals surface area contributed by atoms with Crippen LogP contribution in [0.25, 0.3) is 0 Å². The van der Waals surface area contributed by atoms with Crippen molar-refractivity contribution in [2.75, 3.05) is 0 Å². The van der Waals surface area contributed by atoms with Crippen LogP contribution in [0.4, 0.5) is 18.0 Å². The maximum atomic E-state index is 13.6. The Morgan fingerprint density at radius 3 is 2.69 bits per heavy atom. The van der Waals surface area contributed by atoms with Crippen molar-refractivity contribution in [2.24, 2.45) is 5.92 Å². The first-order valence-electron chi connectivity index (χ1n) is 9.47. The summed E-state index contributed by atoms with van der Waals surface area (Å²) < 4.78 is 45.5. The molecule has 7 heteroatoms. The Bertz CT molecular complexity index is 973. The van der Waals surface area contributed by atoms with Crippen molar-refractivity contribution < 1.29 is 22.7 Å². The largest absolute Gasteiger partial charge is 0.439 e. The first-order valence-corrected chi connectivity index (χ1v) is 9.47. The third-order valence-corrected chi connectivity index (χ3v) is 5.24. The lowest BCUT2D eigenvalue weighted by Gasteiger charge is -2.24. The number of cyclic esters (lactones) is 1. The number of nitrogens with zero attached hydrogens (tertiary/aromatic N) is 1. The van der Waals surface area contributed by atoms with Gasteiger partial charge in [0.05, 0.1) is 0 Å². The zero-order valence-electron chi connectivity index (χ0n) is 15.5. The molecule has 0 spiro atoms. The average Bonchev–Trinajstić information content (AvgIpc) is 3.09. The van der Waals surface area contributed by atoms with E-state index < -0.39 is 30.0 Å². The molecule has 2 fully saturated rings. The van der Waals surface area contributed by atoms with Crippen molar-refractivity contribution in [1.82, 2.24) is 10.3 Å². The van der Waals surface area contributed by atoms with E-state index in [0.29, 0.717) is 29.5 Å². The molecular weight excluding hydrogens is 381 g/mol. The fourth-order valence-corrected chi connectivity index (χ4v) is 3.69. The summed E-state index contributed by atoms with van der Waals surface area (Å²) in [5, 5.41) is 2.72. The van der Waals surface area contributed by atoms with Crippen LogP contribution in [0.3, 0.4) is 0 Å². The highest BCUT2D eigenvalue weighted by molar-refractivity contribution is 5.71. The van der Waals surface area contributed by atoms with E-state index in [1.54, 1.807) is 30.6 Å². The van der Waals surface area contributed by atoms with Gasteiger partial charge >= 0.3 is 6.09 Å². The van der Waals surface area contributed by atoms with Crippen molar-refractivity contribution in [2.45, 2.75) is 43.8 Å². The third-order valence-electron chi connectivity index (χ3n) is 5.24. The molecule has 1 saturated heterocycles. The molecular formula is C22H19F3N2O2. The lowest BCUT2D eigenvalue weighted by atomic mass is 9.87. The number of amides is 1. The van der Waals surface area contributed by atoms with E-state index in [2.05, 4.69) is 22.1 Å². The summed E-state index contributed by atoms with van der Waals surface area (Å²) in [5.74, 6) is 3.01. The van der Waals surface area contributed by atoms with E-state index in [4.69, 9.17) is 4.74 Å². The molecule has 2 atom stereocenters. The average molecular weight is 400 g/mol.